The van der Waals surface area contributed by atoms with E-state index < -0.39 is 6.04 Å². The molecule has 0 aliphatic heterocycles. The Kier molecular flexibility index (Phi) is 5.25. The molecule has 0 aliphatic carbocycles. The van der Waals surface area contributed by atoms with Crippen molar-refractivity contribution in [1.82, 2.24) is 0 Å². The second-order valence-corrected chi connectivity index (χ2v) is 3.29. The Labute approximate surface area is 94.8 Å². The zero-order chi connectivity index (χ0) is 10.7. The van der Waals surface area contributed by atoms with E-state index in [0.717, 1.165) is 6.42 Å². The van der Waals surface area contributed by atoms with Crippen molar-refractivity contribution >= 4 is 12.4 Å². The molecule has 0 heterocycles. The monoisotopic (exact) mass is 233 g/mol. The highest BCUT2D eigenvalue weighted by Crippen LogP contribution is 2.36. The SMILES string of the molecule is CCC[C@@H](N)c1c(O)cc(O)cc1O.Cl. The minimum Gasteiger partial charge on any atom is -0.508 e. The first kappa shape index (κ1) is 13.9. The van der Waals surface area contributed by atoms with Crippen molar-refractivity contribution in [2.75, 3.05) is 0 Å². The zero-order valence-electron chi connectivity index (χ0n) is 8.47. The highest BCUT2D eigenvalue weighted by molar-refractivity contribution is 5.85. The van der Waals surface area contributed by atoms with Gasteiger partial charge in [-0.15, -0.1) is 12.4 Å². The van der Waals surface area contributed by atoms with E-state index in [0.29, 0.717) is 12.0 Å². The predicted octanol–water partition coefficient (Wildman–Crippen LogP) is 2.03. The van der Waals surface area contributed by atoms with Crippen molar-refractivity contribution < 1.29 is 15.3 Å². The van der Waals surface area contributed by atoms with E-state index >= 15 is 0 Å². The maximum absolute atomic E-state index is 9.47. The number of hydrogen-bond donors (Lipinski definition) is 4. The van der Waals surface area contributed by atoms with Crippen LogP contribution in [-0.4, -0.2) is 15.3 Å². The standard InChI is InChI=1S/C10H15NO3.ClH/c1-2-3-7(11)10-8(13)4-6(12)5-9(10)14;/h4-5,7,12-14H,2-3,11H2,1H3;1H/t7-;/m1./s1. The van der Waals surface area contributed by atoms with E-state index in [2.05, 4.69) is 0 Å². The van der Waals surface area contributed by atoms with Gasteiger partial charge in [0.25, 0.3) is 0 Å². The quantitative estimate of drug-likeness (QED) is 0.643. The summed E-state index contributed by atoms with van der Waals surface area (Å²) in [6.07, 6.45) is 1.53. The average molecular weight is 234 g/mol. The Bertz CT molecular complexity index is 307. The first-order chi connectivity index (χ1) is 6.56. The molecule has 5 heteroatoms. The van der Waals surface area contributed by atoms with Gasteiger partial charge in [-0.05, 0) is 6.42 Å². The van der Waals surface area contributed by atoms with Crippen LogP contribution in [0.5, 0.6) is 17.2 Å². The van der Waals surface area contributed by atoms with Crippen LogP contribution in [0.4, 0.5) is 0 Å². The van der Waals surface area contributed by atoms with Crippen LogP contribution in [-0.2, 0) is 0 Å². The summed E-state index contributed by atoms with van der Waals surface area (Å²) < 4.78 is 0. The summed E-state index contributed by atoms with van der Waals surface area (Å²) in [4.78, 5) is 0. The normalized spacial score (nSPS) is 11.9. The summed E-state index contributed by atoms with van der Waals surface area (Å²) in [6, 6.07) is 1.94. The van der Waals surface area contributed by atoms with E-state index in [1.807, 2.05) is 6.92 Å². The maximum atomic E-state index is 9.47. The van der Waals surface area contributed by atoms with E-state index in [1.165, 1.54) is 12.1 Å². The maximum Gasteiger partial charge on any atom is 0.127 e. The molecule has 0 aromatic heterocycles. The number of hydrogen-bond acceptors (Lipinski definition) is 4. The smallest absolute Gasteiger partial charge is 0.127 e. The van der Waals surface area contributed by atoms with Crippen molar-refractivity contribution in [3.63, 3.8) is 0 Å². The lowest BCUT2D eigenvalue weighted by molar-refractivity contribution is 0.409. The molecular weight excluding hydrogens is 218 g/mol. The van der Waals surface area contributed by atoms with Crippen LogP contribution in [0.25, 0.3) is 0 Å². The number of benzene rings is 1. The van der Waals surface area contributed by atoms with Crippen LogP contribution in [0.15, 0.2) is 12.1 Å². The lowest BCUT2D eigenvalue weighted by Gasteiger charge is -2.14. The molecule has 86 valence electrons. The molecule has 15 heavy (non-hydrogen) atoms. The van der Waals surface area contributed by atoms with E-state index in [4.69, 9.17) is 10.8 Å². The highest BCUT2D eigenvalue weighted by Gasteiger charge is 2.16. The lowest BCUT2D eigenvalue weighted by atomic mass is 10.0. The van der Waals surface area contributed by atoms with Crippen molar-refractivity contribution in [3.05, 3.63) is 17.7 Å². The predicted molar refractivity (Wildman–Crippen MR) is 60.5 cm³/mol. The summed E-state index contributed by atoms with van der Waals surface area (Å²) in [5, 5.41) is 28.0. The van der Waals surface area contributed by atoms with Crippen LogP contribution in [0.3, 0.4) is 0 Å². The van der Waals surface area contributed by atoms with Crippen LogP contribution in [0.2, 0.25) is 0 Å². The van der Waals surface area contributed by atoms with Crippen LogP contribution >= 0.6 is 12.4 Å². The van der Waals surface area contributed by atoms with Crippen molar-refractivity contribution in [1.29, 1.82) is 0 Å². The number of phenolic OH excluding ortho intramolecular Hbond substituents is 3. The number of rotatable bonds is 3. The van der Waals surface area contributed by atoms with Gasteiger partial charge in [-0.3, -0.25) is 0 Å². The summed E-state index contributed by atoms with van der Waals surface area (Å²) in [7, 11) is 0. The molecule has 1 aromatic carbocycles. The third-order valence-electron chi connectivity index (χ3n) is 2.09. The molecule has 0 radical (unpaired) electrons. The van der Waals surface area contributed by atoms with Gasteiger partial charge in [0.15, 0.2) is 0 Å². The molecule has 1 aromatic rings. The zero-order valence-corrected chi connectivity index (χ0v) is 9.29. The van der Waals surface area contributed by atoms with Crippen LogP contribution in [0.1, 0.15) is 31.4 Å². The van der Waals surface area contributed by atoms with Gasteiger partial charge in [-0.25, -0.2) is 0 Å². The minimum atomic E-state index is -0.402. The molecule has 0 unspecified atom stereocenters. The summed E-state index contributed by atoms with van der Waals surface area (Å²) >= 11 is 0. The number of halogens is 1. The summed E-state index contributed by atoms with van der Waals surface area (Å²) in [6.45, 7) is 1.97. The van der Waals surface area contributed by atoms with Gasteiger partial charge in [-0.1, -0.05) is 13.3 Å². The number of phenols is 3. The second kappa shape index (κ2) is 5.68. The number of aromatic hydroxyl groups is 3. The fraction of sp³-hybridized carbons (Fsp3) is 0.400. The van der Waals surface area contributed by atoms with Crippen LogP contribution in [0, 0.1) is 0 Å². The molecule has 0 saturated carbocycles. The van der Waals surface area contributed by atoms with E-state index in [1.54, 1.807) is 0 Å². The summed E-state index contributed by atoms with van der Waals surface area (Å²) in [5.74, 6) is -0.501. The Hall–Kier alpha value is -1.13. The first-order valence-corrected chi connectivity index (χ1v) is 4.56. The second-order valence-electron chi connectivity index (χ2n) is 3.29. The molecule has 4 nitrogen and oxygen atoms in total. The Morgan fingerprint density at radius 2 is 1.67 bits per heavy atom. The molecule has 0 saturated heterocycles. The average Bonchev–Trinajstić information content (AvgIpc) is 2.01. The minimum absolute atomic E-state index is 0. The Morgan fingerprint density at radius 1 is 1.20 bits per heavy atom. The number of nitrogens with two attached hydrogens (primary N) is 1. The third-order valence-corrected chi connectivity index (χ3v) is 2.09. The Morgan fingerprint density at radius 3 is 2.07 bits per heavy atom. The molecular formula is C10H16ClNO3. The van der Waals surface area contributed by atoms with Gasteiger partial charge in [-0.2, -0.15) is 0 Å². The largest absolute Gasteiger partial charge is 0.508 e. The molecule has 1 atom stereocenters. The first-order valence-electron chi connectivity index (χ1n) is 4.56. The molecule has 5 N–H and O–H groups in total. The molecule has 0 aliphatic rings. The van der Waals surface area contributed by atoms with E-state index in [-0.39, 0.29) is 29.7 Å². The van der Waals surface area contributed by atoms with Gasteiger partial charge >= 0.3 is 0 Å². The highest BCUT2D eigenvalue weighted by atomic mass is 35.5. The topological polar surface area (TPSA) is 86.7 Å². The van der Waals surface area contributed by atoms with Crippen molar-refractivity contribution in [2.45, 2.75) is 25.8 Å². The molecule has 0 bridgehead atoms. The molecule has 0 spiro atoms. The lowest BCUT2D eigenvalue weighted by Crippen LogP contribution is -2.10. The third kappa shape index (κ3) is 3.18. The van der Waals surface area contributed by atoms with E-state index in [9.17, 15) is 10.2 Å². The fourth-order valence-electron chi connectivity index (χ4n) is 1.44. The van der Waals surface area contributed by atoms with Gasteiger partial charge in [0, 0.05) is 18.2 Å². The van der Waals surface area contributed by atoms with Crippen molar-refractivity contribution in [2.24, 2.45) is 5.73 Å². The summed E-state index contributed by atoms with van der Waals surface area (Å²) in [5.41, 5.74) is 6.05. The fourth-order valence-corrected chi connectivity index (χ4v) is 1.44. The van der Waals surface area contributed by atoms with Gasteiger partial charge in [0.1, 0.15) is 17.2 Å². The van der Waals surface area contributed by atoms with Gasteiger partial charge in [0.05, 0.1) is 5.56 Å². The molecule has 0 fully saturated rings. The van der Waals surface area contributed by atoms with Crippen molar-refractivity contribution in [3.8, 4) is 17.2 Å². The molecule has 1 rings (SSSR count). The van der Waals surface area contributed by atoms with Crippen LogP contribution < -0.4 is 5.73 Å². The molecule has 0 amide bonds. The van der Waals surface area contributed by atoms with Gasteiger partial charge in [0.2, 0.25) is 0 Å². The van der Waals surface area contributed by atoms with Gasteiger partial charge < -0.3 is 21.1 Å². The Balaban J connectivity index is 0.00000196.